The van der Waals surface area contributed by atoms with Crippen LogP contribution in [0.1, 0.15) is 0 Å². The minimum Gasteiger partial charge on any atom is -0.456 e. The van der Waals surface area contributed by atoms with Gasteiger partial charge in [-0.3, -0.25) is 0 Å². The molecule has 9 aromatic heterocycles. The lowest BCUT2D eigenvalue weighted by Gasteiger charge is -2.13. The van der Waals surface area contributed by atoms with Gasteiger partial charge in [-0.1, -0.05) is 400 Å². The summed E-state index contributed by atoms with van der Waals surface area (Å²) in [7, 11) is 0. The van der Waals surface area contributed by atoms with E-state index in [0.717, 1.165) is 144 Å². The van der Waals surface area contributed by atoms with Crippen molar-refractivity contribution in [2.45, 2.75) is 0 Å². The van der Waals surface area contributed by atoms with Crippen LogP contribution in [0.15, 0.2) is 492 Å². The van der Waals surface area contributed by atoms with Crippen molar-refractivity contribution in [1.82, 2.24) is 44.9 Å². The third kappa shape index (κ3) is 15.4. The molecule has 0 unspecified atom stereocenters. The van der Waals surface area contributed by atoms with Gasteiger partial charge in [0.1, 0.15) is 33.5 Å². The number of para-hydroxylation sites is 3. The molecule has 0 aliphatic rings. The van der Waals surface area contributed by atoms with Gasteiger partial charge in [-0.25, -0.2) is 44.9 Å². The molecular weight excluding hydrogens is 1890 g/mol. The molecule has 0 saturated carbocycles. The smallest absolute Gasteiger partial charge is 0.164 e. The molecule has 31 rings (SSSR count). The lowest BCUT2D eigenvalue weighted by molar-refractivity contribution is 0.668. The Labute approximate surface area is 870 Å². The third-order valence-corrected chi connectivity index (χ3v) is 32.3. The van der Waals surface area contributed by atoms with Crippen LogP contribution in [0.5, 0.6) is 0 Å². The number of fused-ring (bicyclic) bond motifs is 24. The molecule has 31 aromatic rings. The second-order valence-electron chi connectivity index (χ2n) is 37.5. The Morgan fingerprint density at radius 3 is 0.747 bits per heavy atom. The summed E-state index contributed by atoms with van der Waals surface area (Å²) in [4.78, 5) is 46.2. The van der Waals surface area contributed by atoms with Crippen molar-refractivity contribution in [3.63, 3.8) is 0 Å². The maximum absolute atomic E-state index is 6.30. The summed E-state index contributed by atoms with van der Waals surface area (Å²) in [5, 5.41) is 21.1. The van der Waals surface area contributed by atoms with Crippen molar-refractivity contribution >= 4 is 193 Å². The van der Waals surface area contributed by atoms with Gasteiger partial charge >= 0.3 is 0 Å². The molecule has 12 nitrogen and oxygen atoms in total. The van der Waals surface area contributed by atoms with Crippen molar-refractivity contribution < 1.29 is 13.3 Å². The predicted molar refractivity (Wildman–Crippen MR) is 623 cm³/mol. The molecule has 0 amide bonds. The van der Waals surface area contributed by atoms with E-state index in [9.17, 15) is 0 Å². The Balaban J connectivity index is 0.000000106. The molecule has 9 heterocycles. The molecular formula is C135H79N9O3S3. The first kappa shape index (κ1) is 87.3. The summed E-state index contributed by atoms with van der Waals surface area (Å²) in [6, 6.07) is 167. The van der Waals surface area contributed by atoms with Gasteiger partial charge in [0, 0.05) is 143 Å². The number of aromatic nitrogens is 9. The molecule has 0 N–H and O–H groups in total. The van der Waals surface area contributed by atoms with E-state index in [1.807, 2.05) is 186 Å². The van der Waals surface area contributed by atoms with Gasteiger partial charge in [-0.15, -0.1) is 34.0 Å². The zero-order valence-electron chi connectivity index (χ0n) is 80.1. The molecule has 0 spiro atoms. The maximum Gasteiger partial charge on any atom is 0.164 e. The van der Waals surface area contributed by atoms with Gasteiger partial charge in [0.2, 0.25) is 0 Å². The zero-order chi connectivity index (χ0) is 98.8. The fourth-order valence-corrected chi connectivity index (χ4v) is 25.3. The monoisotopic (exact) mass is 1970 g/mol. The second-order valence-corrected chi connectivity index (χ2v) is 40.7. The van der Waals surface area contributed by atoms with Crippen molar-refractivity contribution in [2.24, 2.45) is 0 Å². The number of benzene rings is 22. The normalized spacial score (nSPS) is 11.7. The molecule has 700 valence electrons. The van der Waals surface area contributed by atoms with Crippen LogP contribution in [0.3, 0.4) is 0 Å². The Bertz CT molecular complexity index is 10800. The minimum atomic E-state index is 0.601. The first-order valence-electron chi connectivity index (χ1n) is 49.9. The van der Waals surface area contributed by atoms with Crippen molar-refractivity contribution in [3.05, 3.63) is 479 Å². The van der Waals surface area contributed by atoms with E-state index in [-0.39, 0.29) is 0 Å². The fraction of sp³-hybridized carbons (Fsp3) is 0. The van der Waals surface area contributed by atoms with E-state index in [4.69, 9.17) is 58.1 Å². The first-order valence-corrected chi connectivity index (χ1v) is 52.4. The van der Waals surface area contributed by atoms with Crippen LogP contribution >= 0.6 is 34.0 Å². The molecule has 22 aromatic carbocycles. The van der Waals surface area contributed by atoms with Gasteiger partial charge in [0.05, 0.1) is 0 Å². The lowest BCUT2D eigenvalue weighted by atomic mass is 9.93. The zero-order valence-corrected chi connectivity index (χ0v) is 82.5. The molecule has 150 heavy (non-hydrogen) atoms. The van der Waals surface area contributed by atoms with Gasteiger partial charge < -0.3 is 13.3 Å². The standard InChI is InChI=1S/C51H29N3OS.C45H27N3OS.C39H23N3OS/c1-2-13-36-34(11-1)35-12-3-4-14-37(35)43-29-32(27-28-38(36)43)50-52-49(53-51(54-50)42-19-10-21-45-47(42)41-16-5-7-20-44(41)55-45)31-25-23-30(24-26-31)33-17-9-18-40-39-15-6-8-22-46(39)56-48(33)40;1-3-13-28(14-4-1)30-25-31(33-19-11-20-35-34-17-8-10-24-40(34)50-42(33)35)27-32(26-30)44-46-43(29-15-5-2-6-16-29)47-45(48-44)37-21-12-23-39-41(37)36-18-7-9-22-38(36)49-39;1-2-10-25(11-3-1)37-40-38(42-39(41-37)31-16-9-18-33-35(31)30-13-4-6-17-32(30)43-33)26-22-20-24(21-23-26)27-14-8-15-29-28-12-5-7-19-34(28)44-36(27)29/h1-29H;1-27H;1-23H. The van der Waals surface area contributed by atoms with E-state index in [0.29, 0.717) is 52.4 Å². The molecule has 15 heteroatoms. The second kappa shape index (κ2) is 36.5. The number of rotatable bonds is 13. The number of furan rings is 3. The molecule has 0 radical (unpaired) electrons. The van der Waals surface area contributed by atoms with E-state index in [1.54, 1.807) is 0 Å². The minimum absolute atomic E-state index is 0.601. The summed E-state index contributed by atoms with van der Waals surface area (Å²) in [5.74, 6) is 5.55. The van der Waals surface area contributed by atoms with Crippen molar-refractivity contribution in [3.8, 4) is 147 Å². The van der Waals surface area contributed by atoms with Crippen LogP contribution in [0.4, 0.5) is 0 Å². The molecule has 0 saturated heterocycles. The first-order chi connectivity index (χ1) is 74.3. The van der Waals surface area contributed by atoms with Crippen molar-refractivity contribution in [2.75, 3.05) is 0 Å². The van der Waals surface area contributed by atoms with Crippen LogP contribution in [-0.2, 0) is 0 Å². The summed E-state index contributed by atoms with van der Waals surface area (Å²) < 4.78 is 26.5. The average Bonchev–Trinajstić information content (AvgIpc) is 1.57. The summed E-state index contributed by atoms with van der Waals surface area (Å²) in [5.41, 5.74) is 22.5. The quantitative estimate of drug-likeness (QED) is 0.101. The van der Waals surface area contributed by atoms with Crippen molar-refractivity contribution in [1.29, 1.82) is 0 Å². The maximum atomic E-state index is 6.30. The number of hydrogen-bond donors (Lipinski definition) is 0. The Morgan fingerprint density at radius 2 is 0.367 bits per heavy atom. The summed E-state index contributed by atoms with van der Waals surface area (Å²) in [6.07, 6.45) is 0. The fourth-order valence-electron chi connectivity index (χ4n) is 21.6. The highest BCUT2D eigenvalue weighted by molar-refractivity contribution is 7.27. The van der Waals surface area contributed by atoms with E-state index < -0.39 is 0 Å². The molecule has 0 fully saturated rings. The predicted octanol–water partition coefficient (Wildman–Crippen LogP) is 37.5. The summed E-state index contributed by atoms with van der Waals surface area (Å²) >= 11 is 5.53. The number of thiophene rings is 3. The molecule has 0 atom stereocenters. The number of hydrogen-bond acceptors (Lipinski definition) is 15. The Hall–Kier alpha value is -19.3. The topological polar surface area (TPSA) is 155 Å². The van der Waals surface area contributed by atoms with Crippen LogP contribution in [0.2, 0.25) is 0 Å². The average molecular weight is 1970 g/mol. The third-order valence-electron chi connectivity index (χ3n) is 28.6. The van der Waals surface area contributed by atoms with Crippen LogP contribution in [0.25, 0.3) is 306 Å². The highest BCUT2D eigenvalue weighted by atomic mass is 32.1. The molecule has 0 aliphatic heterocycles. The summed E-state index contributed by atoms with van der Waals surface area (Å²) in [6.45, 7) is 0. The van der Waals surface area contributed by atoms with Gasteiger partial charge in [0.15, 0.2) is 52.4 Å². The van der Waals surface area contributed by atoms with Crippen LogP contribution in [0, 0.1) is 0 Å². The van der Waals surface area contributed by atoms with Gasteiger partial charge in [-0.05, 0) is 156 Å². The van der Waals surface area contributed by atoms with E-state index >= 15 is 0 Å². The Kier molecular flexibility index (Phi) is 21.2. The molecule has 0 aliphatic carbocycles. The largest absolute Gasteiger partial charge is 0.456 e. The van der Waals surface area contributed by atoms with Crippen LogP contribution < -0.4 is 0 Å². The highest BCUT2D eigenvalue weighted by Gasteiger charge is 2.26. The van der Waals surface area contributed by atoms with Gasteiger partial charge in [0.25, 0.3) is 0 Å². The Morgan fingerprint density at radius 1 is 0.127 bits per heavy atom. The van der Waals surface area contributed by atoms with E-state index in [1.165, 1.54) is 110 Å². The van der Waals surface area contributed by atoms with E-state index in [2.05, 4.69) is 328 Å². The lowest BCUT2D eigenvalue weighted by Crippen LogP contribution is -2.01. The highest BCUT2D eigenvalue weighted by Crippen LogP contribution is 2.49. The number of nitrogens with zero attached hydrogens (tertiary/aromatic N) is 9. The van der Waals surface area contributed by atoms with Gasteiger partial charge in [-0.2, -0.15) is 0 Å². The van der Waals surface area contributed by atoms with Crippen LogP contribution in [-0.4, -0.2) is 44.9 Å². The SMILES string of the molecule is c1ccc(-c2cc(-c3nc(-c4ccccc4)nc(-c4cccc5oc6ccccc6c45)n3)cc(-c3cccc4c3sc3ccccc34)c2)cc1.c1ccc(-c2nc(-c3ccc(-c4cccc5c4sc4ccccc45)cc3)nc(-c3cccc4oc5ccccc5c34)n2)cc1.c1ccc2c(c1)oc1cccc(-c3nc(-c4ccc(-c5cccc6c5sc5ccccc56)cc4)nc(-c4ccc5c6ccccc6c6ccccc6c5c4)n3)c12. The molecule has 0 bridgehead atoms.